The minimum Gasteiger partial charge on any atom is -0.483 e. The Morgan fingerprint density at radius 3 is 2.74 bits per heavy atom. The van der Waals surface area contributed by atoms with Crippen LogP contribution in [0.25, 0.3) is 16.0 Å². The molecule has 2 aliphatic rings. The van der Waals surface area contributed by atoms with Crippen LogP contribution in [0.4, 0.5) is 23.4 Å². The van der Waals surface area contributed by atoms with Gasteiger partial charge in [0.1, 0.15) is 5.82 Å². The highest BCUT2D eigenvalue weighted by molar-refractivity contribution is 7.17. The Morgan fingerprint density at radius 2 is 2.05 bits per heavy atom. The normalized spacial score (nSPS) is 17.8. The third-order valence-electron chi connectivity index (χ3n) is 6.66. The maximum atomic E-state index is 8.36. The van der Waals surface area contributed by atoms with E-state index in [1.54, 1.807) is 6.20 Å². The maximum absolute atomic E-state index is 8.36. The molecule has 0 amide bonds. The number of thiophene rings is 1. The predicted molar refractivity (Wildman–Crippen MR) is 149 cm³/mol. The summed E-state index contributed by atoms with van der Waals surface area (Å²) in [6.07, 6.45) is 4.59. The molecule has 1 aliphatic heterocycles. The van der Waals surface area contributed by atoms with Gasteiger partial charge in [-0.25, -0.2) is 9.97 Å². The van der Waals surface area contributed by atoms with Gasteiger partial charge >= 0.3 is 0 Å². The number of aromatic nitrogens is 6. The van der Waals surface area contributed by atoms with E-state index in [9.17, 15) is 0 Å². The number of nitrogens with two attached hydrogens (primary N) is 1. The average Bonchev–Trinajstić information content (AvgIpc) is 3.54. The molecule has 12 nitrogen and oxygen atoms in total. The smallest absolute Gasteiger partial charge is 0.290 e. The molecule has 2 fully saturated rings. The van der Waals surface area contributed by atoms with Gasteiger partial charge in [-0.2, -0.15) is 14.6 Å². The van der Waals surface area contributed by atoms with Crippen molar-refractivity contribution in [1.29, 1.82) is 0 Å². The van der Waals surface area contributed by atoms with Crippen LogP contribution in [0, 0.1) is 12.8 Å². The first-order valence-electron chi connectivity index (χ1n) is 12.3. The van der Waals surface area contributed by atoms with E-state index >= 15 is 0 Å². The first-order chi connectivity index (χ1) is 18.4. The highest BCUT2D eigenvalue weighted by Gasteiger charge is 2.30. The molecule has 5 heterocycles. The van der Waals surface area contributed by atoms with E-state index in [0.717, 1.165) is 52.8 Å². The topological polar surface area (TPSA) is 151 Å². The van der Waals surface area contributed by atoms with Crippen LogP contribution < -0.4 is 16.0 Å². The van der Waals surface area contributed by atoms with Crippen LogP contribution in [0.3, 0.4) is 0 Å². The van der Waals surface area contributed by atoms with Crippen LogP contribution >= 0.6 is 22.9 Å². The number of hydrogen-bond donors (Lipinski definition) is 3. The summed E-state index contributed by atoms with van der Waals surface area (Å²) in [5.41, 5.74) is 8.77. The molecule has 0 bridgehead atoms. The lowest BCUT2D eigenvalue weighted by molar-refractivity contribution is -0.122. The van der Waals surface area contributed by atoms with E-state index in [-0.39, 0.29) is 17.7 Å². The van der Waals surface area contributed by atoms with Crippen LogP contribution in [-0.2, 0) is 4.79 Å². The van der Waals surface area contributed by atoms with E-state index < -0.39 is 0 Å². The lowest BCUT2D eigenvalue weighted by Crippen LogP contribution is -2.52. The predicted octanol–water partition coefficient (Wildman–Crippen LogP) is 3.58. The second-order valence-electron chi connectivity index (χ2n) is 9.49. The molecule has 1 aliphatic carbocycles. The van der Waals surface area contributed by atoms with Crippen molar-refractivity contribution in [3.63, 3.8) is 0 Å². The zero-order valence-electron chi connectivity index (χ0n) is 21.1. The number of nitrogen functional groups attached to an aromatic ring is 1. The molecule has 1 saturated heterocycles. The molecule has 1 atom stereocenters. The van der Waals surface area contributed by atoms with Gasteiger partial charge in [0.15, 0.2) is 5.82 Å². The van der Waals surface area contributed by atoms with Gasteiger partial charge in [0.2, 0.25) is 17.2 Å². The Hall–Kier alpha value is -3.55. The van der Waals surface area contributed by atoms with Crippen LogP contribution in [0.5, 0.6) is 0 Å². The summed E-state index contributed by atoms with van der Waals surface area (Å²) in [5, 5.41) is 16.7. The van der Waals surface area contributed by atoms with Crippen molar-refractivity contribution < 1.29 is 9.90 Å². The van der Waals surface area contributed by atoms with Crippen molar-refractivity contribution in [3.8, 4) is 5.82 Å². The van der Waals surface area contributed by atoms with Crippen molar-refractivity contribution >= 4 is 63.0 Å². The number of piperazine rings is 1. The van der Waals surface area contributed by atoms with Crippen LogP contribution in [0.1, 0.15) is 25.3 Å². The molecule has 38 heavy (non-hydrogen) atoms. The summed E-state index contributed by atoms with van der Waals surface area (Å²) in [6.45, 7) is 8.36. The third-order valence-corrected chi connectivity index (χ3v) is 7.92. The molecule has 4 aromatic heterocycles. The number of nitrogens with zero attached hydrogens (tertiary/aromatic N) is 8. The Balaban J connectivity index is 0.000000937. The zero-order valence-corrected chi connectivity index (χ0v) is 22.7. The van der Waals surface area contributed by atoms with Crippen LogP contribution in [0.15, 0.2) is 23.7 Å². The Labute approximate surface area is 228 Å². The fourth-order valence-corrected chi connectivity index (χ4v) is 5.68. The number of aryl methyl sites for hydroxylation is 1. The zero-order chi connectivity index (χ0) is 26.8. The van der Waals surface area contributed by atoms with Gasteiger partial charge in [-0.1, -0.05) is 0 Å². The second-order valence-corrected chi connectivity index (χ2v) is 10.7. The quantitative estimate of drug-likeness (QED) is 0.236. The van der Waals surface area contributed by atoms with Crippen LogP contribution in [-0.4, -0.2) is 78.4 Å². The summed E-state index contributed by atoms with van der Waals surface area (Å²) in [7, 11) is 0. The monoisotopic (exact) mass is 556 g/mol. The van der Waals surface area contributed by atoms with Gasteiger partial charge in [-0.15, -0.1) is 16.4 Å². The molecule has 4 aromatic rings. The van der Waals surface area contributed by atoms with E-state index in [4.69, 9.17) is 27.2 Å². The van der Waals surface area contributed by atoms with E-state index in [0.29, 0.717) is 17.8 Å². The van der Waals surface area contributed by atoms with Gasteiger partial charge in [0.05, 0.1) is 22.1 Å². The molecule has 6 rings (SSSR count). The number of hydrogen-bond acceptors (Lipinski definition) is 11. The number of halogens is 1. The van der Waals surface area contributed by atoms with Gasteiger partial charge in [0.25, 0.3) is 6.47 Å². The number of fused-ring (bicyclic) bond motifs is 1. The van der Waals surface area contributed by atoms with Crippen molar-refractivity contribution in [2.24, 2.45) is 5.92 Å². The lowest BCUT2D eigenvalue weighted by atomic mass is 10.1. The summed E-state index contributed by atoms with van der Waals surface area (Å²) in [6, 6.07) is 4.56. The number of pyridine rings is 1. The Morgan fingerprint density at radius 1 is 1.26 bits per heavy atom. The van der Waals surface area contributed by atoms with E-state index in [2.05, 4.69) is 47.1 Å². The van der Waals surface area contributed by atoms with Gasteiger partial charge < -0.3 is 21.1 Å². The lowest BCUT2D eigenvalue weighted by Gasteiger charge is -2.40. The Bertz CT molecular complexity index is 1420. The first-order valence-corrected chi connectivity index (χ1v) is 13.6. The number of carboxylic acid groups (broad SMARTS) is 1. The molecule has 0 spiro atoms. The molecule has 200 valence electrons. The standard InChI is InChI=1S/C23H27ClN10S.CH2O2/c1-13-12-35-19-18(13)28-21(24)29-20(19)34-22(25)30-23(31-34)27-16-5-6-17(26-9-16)33-8-7-32(14(2)10-33)11-15-3-4-15;2-1-3/h5-6,9,12,14-15H,3-4,7-8,10-11H2,1-2H3,(H3,25,27,30,31);1H,(H,2,3)/t14-;/m0./s1. The van der Waals surface area contributed by atoms with E-state index in [1.165, 1.54) is 35.4 Å². The SMILES string of the molecule is Cc1csc2c(-n3nc(Nc4ccc(N5CCN(CC6CC6)[C@@H](C)C5)nc4)nc3N)nc(Cl)nc12.O=CO. The number of carbonyl (C=O) groups is 1. The van der Waals surface area contributed by atoms with Gasteiger partial charge in [0, 0.05) is 32.2 Å². The fourth-order valence-electron chi connectivity index (χ4n) is 4.55. The summed E-state index contributed by atoms with van der Waals surface area (Å²) in [5.74, 6) is 2.98. The highest BCUT2D eigenvalue weighted by atomic mass is 35.5. The van der Waals surface area contributed by atoms with Gasteiger partial charge in [-0.05, 0) is 67.3 Å². The van der Waals surface area contributed by atoms with E-state index in [1.807, 2.05) is 24.4 Å². The molecule has 1 saturated carbocycles. The highest BCUT2D eigenvalue weighted by Crippen LogP contribution is 2.32. The third kappa shape index (κ3) is 5.64. The summed E-state index contributed by atoms with van der Waals surface area (Å²) in [4.78, 5) is 31.1. The molecule has 0 radical (unpaired) electrons. The molecule has 0 unspecified atom stereocenters. The molecular formula is C24H29ClN10O2S. The minimum absolute atomic E-state index is 0.140. The molecule has 4 N–H and O–H groups in total. The fraction of sp³-hybridized carbons (Fsp3) is 0.417. The second kappa shape index (κ2) is 11.1. The van der Waals surface area contributed by atoms with Gasteiger partial charge in [-0.3, -0.25) is 9.69 Å². The summed E-state index contributed by atoms with van der Waals surface area (Å²) >= 11 is 7.68. The number of nitrogens with one attached hydrogen (secondary N) is 1. The van der Waals surface area contributed by atoms with Crippen molar-refractivity contribution in [3.05, 3.63) is 34.6 Å². The minimum atomic E-state index is -0.250. The first kappa shape index (κ1) is 26.1. The maximum Gasteiger partial charge on any atom is 0.290 e. The Kier molecular flexibility index (Phi) is 7.58. The largest absolute Gasteiger partial charge is 0.483 e. The van der Waals surface area contributed by atoms with Crippen LogP contribution in [0.2, 0.25) is 5.28 Å². The van der Waals surface area contributed by atoms with Crippen molar-refractivity contribution in [2.75, 3.05) is 42.1 Å². The number of rotatable bonds is 6. The number of anilines is 4. The van der Waals surface area contributed by atoms with Crippen molar-refractivity contribution in [2.45, 2.75) is 32.7 Å². The van der Waals surface area contributed by atoms with Crippen molar-refractivity contribution in [1.82, 2.24) is 34.6 Å². The molecule has 0 aromatic carbocycles. The summed E-state index contributed by atoms with van der Waals surface area (Å²) < 4.78 is 2.34. The average molecular weight is 557 g/mol. The molecular weight excluding hydrogens is 528 g/mol. The molecule has 14 heteroatoms.